The number of carbonyl (C=O) groups is 1. The summed E-state index contributed by atoms with van der Waals surface area (Å²) in [6, 6.07) is 4.84. The second kappa shape index (κ2) is 4.28. The second-order valence-corrected chi connectivity index (χ2v) is 4.93. The molecular weight excluding hydrogens is 216 g/mol. The first-order chi connectivity index (χ1) is 7.99. The molecule has 0 bridgehead atoms. The van der Waals surface area contributed by atoms with Crippen LogP contribution in [0.15, 0.2) is 18.2 Å². The number of nitrogens with zero attached hydrogens (tertiary/aromatic N) is 1. The normalized spacial score (nSPS) is 22.2. The summed E-state index contributed by atoms with van der Waals surface area (Å²) >= 11 is 0. The molecule has 1 saturated carbocycles. The molecule has 1 aliphatic rings. The number of carboxylic acids is 1. The summed E-state index contributed by atoms with van der Waals surface area (Å²) in [4.78, 5) is 13.0. The summed E-state index contributed by atoms with van der Waals surface area (Å²) in [5.41, 5.74) is 7.61. The van der Waals surface area contributed by atoms with Gasteiger partial charge in [-0.15, -0.1) is 0 Å². The zero-order chi connectivity index (χ0) is 12.6. The molecule has 0 heterocycles. The van der Waals surface area contributed by atoms with E-state index in [9.17, 15) is 4.79 Å². The monoisotopic (exact) mass is 234 g/mol. The predicted octanol–water partition coefficient (Wildman–Crippen LogP) is 2.06. The Kier molecular flexibility index (Phi) is 2.96. The number of rotatable bonds is 4. The Morgan fingerprint density at radius 3 is 2.76 bits per heavy atom. The number of carboxylic acid groups (broad SMARTS) is 1. The van der Waals surface area contributed by atoms with Gasteiger partial charge in [-0.05, 0) is 36.5 Å². The Morgan fingerprint density at radius 1 is 1.59 bits per heavy atom. The molecule has 2 rings (SSSR count). The number of anilines is 2. The molecule has 3 N–H and O–H groups in total. The van der Waals surface area contributed by atoms with Gasteiger partial charge in [-0.2, -0.15) is 0 Å². The fourth-order valence-electron chi connectivity index (χ4n) is 2.11. The van der Waals surface area contributed by atoms with Gasteiger partial charge in [-0.3, -0.25) is 0 Å². The molecule has 1 aromatic rings. The molecule has 92 valence electrons. The van der Waals surface area contributed by atoms with Crippen molar-refractivity contribution >= 4 is 17.3 Å². The van der Waals surface area contributed by atoms with Crippen molar-refractivity contribution in [3.8, 4) is 0 Å². The minimum atomic E-state index is -0.917. The third-order valence-corrected chi connectivity index (χ3v) is 3.47. The van der Waals surface area contributed by atoms with E-state index >= 15 is 0 Å². The molecule has 17 heavy (non-hydrogen) atoms. The highest BCUT2D eigenvalue weighted by molar-refractivity contribution is 5.90. The first-order valence-corrected chi connectivity index (χ1v) is 5.83. The number of nitrogens with two attached hydrogens (primary N) is 1. The largest absolute Gasteiger partial charge is 0.478 e. The van der Waals surface area contributed by atoms with Gasteiger partial charge in [-0.25, -0.2) is 4.79 Å². The highest BCUT2D eigenvalue weighted by atomic mass is 16.4. The lowest BCUT2D eigenvalue weighted by atomic mass is 10.1. The lowest BCUT2D eigenvalue weighted by Gasteiger charge is -2.21. The average Bonchev–Trinajstić information content (AvgIpc) is 2.94. The summed E-state index contributed by atoms with van der Waals surface area (Å²) in [5, 5.41) is 8.96. The lowest BCUT2D eigenvalue weighted by Crippen LogP contribution is -2.22. The van der Waals surface area contributed by atoms with Gasteiger partial charge in [0.1, 0.15) is 0 Å². The third-order valence-electron chi connectivity index (χ3n) is 3.47. The van der Waals surface area contributed by atoms with Crippen LogP contribution in [0.5, 0.6) is 0 Å². The van der Waals surface area contributed by atoms with Crippen LogP contribution < -0.4 is 10.6 Å². The number of aromatic carboxylic acids is 1. The minimum Gasteiger partial charge on any atom is -0.478 e. The van der Waals surface area contributed by atoms with Gasteiger partial charge in [-0.1, -0.05) is 6.92 Å². The van der Waals surface area contributed by atoms with Crippen LogP contribution in [0, 0.1) is 11.8 Å². The van der Waals surface area contributed by atoms with E-state index in [1.807, 2.05) is 7.05 Å². The number of nitrogen functional groups attached to an aromatic ring is 1. The molecule has 1 aliphatic carbocycles. The zero-order valence-electron chi connectivity index (χ0n) is 10.2. The van der Waals surface area contributed by atoms with Gasteiger partial charge in [0.25, 0.3) is 0 Å². The van der Waals surface area contributed by atoms with Gasteiger partial charge < -0.3 is 15.7 Å². The van der Waals surface area contributed by atoms with E-state index < -0.39 is 5.97 Å². The first kappa shape index (κ1) is 11.8. The average molecular weight is 234 g/mol. The Balaban J connectivity index is 2.17. The van der Waals surface area contributed by atoms with Crippen LogP contribution in [0.3, 0.4) is 0 Å². The van der Waals surface area contributed by atoms with Crippen molar-refractivity contribution in [1.82, 2.24) is 0 Å². The van der Waals surface area contributed by atoms with Crippen molar-refractivity contribution < 1.29 is 9.90 Å². The van der Waals surface area contributed by atoms with E-state index in [2.05, 4.69) is 11.8 Å². The van der Waals surface area contributed by atoms with E-state index in [1.165, 1.54) is 12.5 Å². The van der Waals surface area contributed by atoms with E-state index in [-0.39, 0.29) is 5.56 Å². The molecule has 0 amide bonds. The summed E-state index contributed by atoms with van der Waals surface area (Å²) < 4.78 is 0. The van der Waals surface area contributed by atoms with Crippen LogP contribution in [0.25, 0.3) is 0 Å². The van der Waals surface area contributed by atoms with Crippen LogP contribution in [0.1, 0.15) is 23.7 Å². The smallest absolute Gasteiger partial charge is 0.335 e. The quantitative estimate of drug-likeness (QED) is 0.782. The van der Waals surface area contributed by atoms with Crippen molar-refractivity contribution in [2.75, 3.05) is 24.2 Å². The van der Waals surface area contributed by atoms with Gasteiger partial charge in [0.2, 0.25) is 0 Å². The second-order valence-electron chi connectivity index (χ2n) is 4.93. The molecule has 0 spiro atoms. The number of benzene rings is 1. The van der Waals surface area contributed by atoms with Gasteiger partial charge in [0, 0.05) is 13.6 Å². The fourth-order valence-corrected chi connectivity index (χ4v) is 2.11. The van der Waals surface area contributed by atoms with Crippen molar-refractivity contribution in [3.63, 3.8) is 0 Å². The van der Waals surface area contributed by atoms with Gasteiger partial charge >= 0.3 is 5.97 Å². The molecular formula is C13H18N2O2. The summed E-state index contributed by atoms with van der Waals surface area (Å²) in [7, 11) is 1.96. The van der Waals surface area contributed by atoms with Crippen LogP contribution in [0.4, 0.5) is 11.4 Å². The highest BCUT2D eigenvalue weighted by Crippen LogP contribution is 2.39. The molecule has 0 aliphatic heterocycles. The topological polar surface area (TPSA) is 66.6 Å². The first-order valence-electron chi connectivity index (χ1n) is 5.83. The molecule has 2 unspecified atom stereocenters. The summed E-state index contributed by atoms with van der Waals surface area (Å²) in [6.07, 6.45) is 1.25. The standard InChI is InChI=1S/C13H18N2O2/c1-8-5-10(8)7-15(2)12-6-9(13(16)17)3-4-11(12)14/h3-4,6,8,10H,5,7,14H2,1-2H3,(H,16,17). The van der Waals surface area contributed by atoms with E-state index in [4.69, 9.17) is 10.8 Å². The minimum absolute atomic E-state index is 0.282. The Hall–Kier alpha value is -1.71. The highest BCUT2D eigenvalue weighted by Gasteiger charge is 2.33. The molecule has 4 heteroatoms. The van der Waals surface area contributed by atoms with Crippen LogP contribution >= 0.6 is 0 Å². The maximum absolute atomic E-state index is 10.9. The molecule has 1 aromatic carbocycles. The van der Waals surface area contributed by atoms with Gasteiger partial charge in [0.05, 0.1) is 16.9 Å². The van der Waals surface area contributed by atoms with Crippen molar-refractivity contribution in [1.29, 1.82) is 0 Å². The molecule has 4 nitrogen and oxygen atoms in total. The van der Waals surface area contributed by atoms with Crippen molar-refractivity contribution in [2.24, 2.45) is 11.8 Å². The van der Waals surface area contributed by atoms with E-state index in [0.29, 0.717) is 11.6 Å². The SMILES string of the molecule is CC1CC1CN(C)c1cc(C(=O)O)ccc1N. The van der Waals surface area contributed by atoms with Crippen molar-refractivity contribution in [3.05, 3.63) is 23.8 Å². The number of hydrogen-bond acceptors (Lipinski definition) is 3. The van der Waals surface area contributed by atoms with Crippen LogP contribution in [-0.4, -0.2) is 24.7 Å². The Morgan fingerprint density at radius 2 is 2.24 bits per heavy atom. The molecule has 0 radical (unpaired) electrons. The Labute approximate surface area is 101 Å². The molecule has 1 fully saturated rings. The summed E-state index contributed by atoms with van der Waals surface area (Å²) in [5.74, 6) is 0.577. The molecule has 0 saturated heterocycles. The van der Waals surface area contributed by atoms with Gasteiger partial charge in [0.15, 0.2) is 0 Å². The van der Waals surface area contributed by atoms with Crippen molar-refractivity contribution in [2.45, 2.75) is 13.3 Å². The maximum atomic E-state index is 10.9. The fraction of sp³-hybridized carbons (Fsp3) is 0.462. The maximum Gasteiger partial charge on any atom is 0.335 e. The Bertz CT molecular complexity index is 445. The lowest BCUT2D eigenvalue weighted by molar-refractivity contribution is 0.0697. The predicted molar refractivity (Wildman–Crippen MR) is 68.4 cm³/mol. The molecule has 0 aromatic heterocycles. The number of hydrogen-bond donors (Lipinski definition) is 2. The van der Waals surface area contributed by atoms with Crippen LogP contribution in [0.2, 0.25) is 0 Å². The third kappa shape index (κ3) is 2.52. The van der Waals surface area contributed by atoms with E-state index in [1.54, 1.807) is 12.1 Å². The van der Waals surface area contributed by atoms with E-state index in [0.717, 1.165) is 18.2 Å². The zero-order valence-corrected chi connectivity index (χ0v) is 10.2. The van der Waals surface area contributed by atoms with Crippen LogP contribution in [-0.2, 0) is 0 Å². The summed E-state index contributed by atoms with van der Waals surface area (Å²) in [6.45, 7) is 3.17. The molecule has 2 atom stereocenters.